The number of urea groups is 2. The standard InChI is InChI=1S/C19H22N6O3/c1-10-3-2-4-11-12-9-24(7-5-13(12)20-15(10)11)14(26)6-8-25-17-16(22-19(25)28)21-18(27)23-17/h2-4,16-17,20H,5-9H2,1H3,(H,22,28)(H2,21,23,27)/t16-,17+/m0/s1. The lowest BCUT2D eigenvalue weighted by atomic mass is 10.0. The van der Waals surface area contributed by atoms with Gasteiger partial charge in [0.05, 0.1) is 0 Å². The molecule has 0 radical (unpaired) electrons. The SMILES string of the molecule is Cc1cccc2c3c([nH]c12)CCN(C(=O)CCN1C(=O)N[C@@H]2NC(=O)N[C@@H]21)C3. The lowest BCUT2D eigenvalue weighted by Crippen LogP contribution is -2.45. The highest BCUT2D eigenvalue weighted by molar-refractivity contribution is 5.88. The second kappa shape index (κ2) is 6.15. The Kier molecular flexibility index (Phi) is 3.71. The molecule has 2 saturated heterocycles. The Bertz CT molecular complexity index is 999. The maximum Gasteiger partial charge on any atom is 0.320 e. The maximum absolute atomic E-state index is 12.8. The summed E-state index contributed by atoms with van der Waals surface area (Å²) in [6, 6.07) is 5.63. The second-order valence-corrected chi connectivity index (χ2v) is 7.58. The second-order valence-electron chi connectivity index (χ2n) is 7.58. The number of carbonyl (C=O) groups is 3. The summed E-state index contributed by atoms with van der Waals surface area (Å²) in [5.41, 5.74) is 4.73. The van der Waals surface area contributed by atoms with Crippen LogP contribution in [-0.4, -0.2) is 58.2 Å². The molecule has 146 valence electrons. The molecule has 4 heterocycles. The predicted molar refractivity (Wildman–Crippen MR) is 101 cm³/mol. The topological polar surface area (TPSA) is 110 Å². The van der Waals surface area contributed by atoms with Crippen molar-refractivity contribution >= 4 is 28.9 Å². The van der Waals surface area contributed by atoms with Gasteiger partial charge >= 0.3 is 12.1 Å². The first-order valence-corrected chi connectivity index (χ1v) is 9.52. The molecule has 0 aliphatic carbocycles. The fraction of sp³-hybridized carbons (Fsp3) is 0.421. The molecule has 28 heavy (non-hydrogen) atoms. The molecule has 0 saturated carbocycles. The fourth-order valence-electron chi connectivity index (χ4n) is 4.41. The zero-order chi connectivity index (χ0) is 19.4. The van der Waals surface area contributed by atoms with Gasteiger partial charge in [-0.3, -0.25) is 9.69 Å². The van der Waals surface area contributed by atoms with Crippen LogP contribution in [0.15, 0.2) is 18.2 Å². The van der Waals surface area contributed by atoms with Crippen LogP contribution in [0.2, 0.25) is 0 Å². The molecule has 4 N–H and O–H groups in total. The van der Waals surface area contributed by atoms with Crippen LogP contribution >= 0.6 is 0 Å². The average Bonchev–Trinajstić information content (AvgIpc) is 3.30. The Balaban J connectivity index is 1.27. The van der Waals surface area contributed by atoms with E-state index in [4.69, 9.17) is 0 Å². The summed E-state index contributed by atoms with van der Waals surface area (Å²) >= 11 is 0. The van der Waals surface area contributed by atoms with E-state index in [1.165, 1.54) is 27.1 Å². The molecule has 2 aromatic rings. The Morgan fingerprint density at radius 3 is 2.93 bits per heavy atom. The number of fused-ring (bicyclic) bond motifs is 4. The molecule has 1 aromatic carbocycles. The number of benzene rings is 1. The third-order valence-corrected chi connectivity index (χ3v) is 5.89. The van der Waals surface area contributed by atoms with Crippen LogP contribution in [0.3, 0.4) is 0 Å². The van der Waals surface area contributed by atoms with Crippen molar-refractivity contribution in [2.45, 2.75) is 38.6 Å². The van der Waals surface area contributed by atoms with E-state index in [2.05, 4.69) is 40.0 Å². The summed E-state index contributed by atoms with van der Waals surface area (Å²) in [5.74, 6) is 0.0150. The van der Waals surface area contributed by atoms with Gasteiger partial charge in [-0.1, -0.05) is 18.2 Å². The third kappa shape index (κ3) is 2.57. The minimum atomic E-state index is -0.447. The molecule has 0 unspecified atom stereocenters. The molecular formula is C19H22N6O3. The van der Waals surface area contributed by atoms with Crippen molar-refractivity contribution in [1.29, 1.82) is 0 Å². The van der Waals surface area contributed by atoms with Gasteiger partial charge in [0.2, 0.25) is 5.91 Å². The number of carbonyl (C=O) groups excluding carboxylic acids is 3. The quantitative estimate of drug-likeness (QED) is 0.629. The molecule has 2 atom stereocenters. The van der Waals surface area contributed by atoms with E-state index in [0.717, 1.165) is 11.9 Å². The summed E-state index contributed by atoms with van der Waals surface area (Å²) in [7, 11) is 0. The number of aromatic amines is 1. The minimum absolute atomic E-state index is 0.0150. The van der Waals surface area contributed by atoms with Gasteiger partial charge in [-0.15, -0.1) is 0 Å². The van der Waals surface area contributed by atoms with Gasteiger partial charge in [0.25, 0.3) is 0 Å². The van der Waals surface area contributed by atoms with Gasteiger partial charge in [-0.25, -0.2) is 9.59 Å². The summed E-state index contributed by atoms with van der Waals surface area (Å²) in [6.07, 6.45) is 0.132. The zero-order valence-electron chi connectivity index (χ0n) is 15.5. The summed E-state index contributed by atoms with van der Waals surface area (Å²) in [6.45, 7) is 3.59. The van der Waals surface area contributed by atoms with E-state index in [-0.39, 0.29) is 30.9 Å². The molecule has 3 aliphatic heterocycles. The van der Waals surface area contributed by atoms with Crippen molar-refractivity contribution in [3.05, 3.63) is 35.0 Å². The molecule has 0 spiro atoms. The molecule has 5 amide bonds. The first-order valence-electron chi connectivity index (χ1n) is 9.52. The van der Waals surface area contributed by atoms with E-state index in [1.807, 2.05) is 11.0 Å². The molecule has 9 nitrogen and oxygen atoms in total. The molecule has 3 aliphatic rings. The van der Waals surface area contributed by atoms with E-state index in [9.17, 15) is 14.4 Å². The molecule has 5 rings (SSSR count). The highest BCUT2D eigenvalue weighted by atomic mass is 16.2. The van der Waals surface area contributed by atoms with Crippen molar-refractivity contribution in [3.63, 3.8) is 0 Å². The number of amides is 5. The highest BCUT2D eigenvalue weighted by Crippen LogP contribution is 2.29. The van der Waals surface area contributed by atoms with Crippen LogP contribution < -0.4 is 16.0 Å². The van der Waals surface area contributed by atoms with Crippen LogP contribution in [0.1, 0.15) is 23.2 Å². The van der Waals surface area contributed by atoms with E-state index in [0.29, 0.717) is 13.1 Å². The normalized spacial score (nSPS) is 23.3. The number of H-pyrrole nitrogens is 1. The highest BCUT2D eigenvalue weighted by Gasteiger charge is 2.45. The number of nitrogens with zero attached hydrogens (tertiary/aromatic N) is 2. The first-order chi connectivity index (χ1) is 13.5. The van der Waals surface area contributed by atoms with Gasteiger partial charge in [-0.05, 0) is 12.5 Å². The number of nitrogens with one attached hydrogen (secondary N) is 4. The van der Waals surface area contributed by atoms with Crippen molar-refractivity contribution in [2.75, 3.05) is 13.1 Å². The van der Waals surface area contributed by atoms with E-state index >= 15 is 0 Å². The summed E-state index contributed by atoms with van der Waals surface area (Å²) in [4.78, 5) is 43.2. The zero-order valence-corrected chi connectivity index (χ0v) is 15.5. The first kappa shape index (κ1) is 16.9. The van der Waals surface area contributed by atoms with Gasteiger partial charge < -0.3 is 25.8 Å². The lowest BCUT2D eigenvalue weighted by molar-refractivity contribution is -0.132. The average molecular weight is 382 g/mol. The summed E-state index contributed by atoms with van der Waals surface area (Å²) < 4.78 is 0. The van der Waals surface area contributed by atoms with Crippen molar-refractivity contribution in [3.8, 4) is 0 Å². The number of aryl methyl sites for hydroxylation is 1. The Labute approximate surface area is 161 Å². The Morgan fingerprint density at radius 1 is 1.21 bits per heavy atom. The molecular weight excluding hydrogens is 360 g/mol. The number of rotatable bonds is 3. The van der Waals surface area contributed by atoms with Crippen molar-refractivity contribution in [1.82, 2.24) is 30.7 Å². The number of para-hydroxylation sites is 1. The largest absolute Gasteiger partial charge is 0.358 e. The fourth-order valence-corrected chi connectivity index (χ4v) is 4.41. The smallest absolute Gasteiger partial charge is 0.320 e. The van der Waals surface area contributed by atoms with E-state index < -0.39 is 12.3 Å². The molecule has 9 heteroatoms. The molecule has 0 bridgehead atoms. The van der Waals surface area contributed by atoms with Gasteiger partial charge in [0, 0.05) is 54.6 Å². The summed E-state index contributed by atoms with van der Waals surface area (Å²) in [5, 5.41) is 9.21. The number of hydrogen-bond donors (Lipinski definition) is 4. The molecule has 2 fully saturated rings. The van der Waals surface area contributed by atoms with Crippen molar-refractivity contribution in [2.24, 2.45) is 0 Å². The van der Waals surface area contributed by atoms with Crippen LogP contribution in [0.4, 0.5) is 9.59 Å². The van der Waals surface area contributed by atoms with Gasteiger partial charge in [0.1, 0.15) is 12.3 Å². The van der Waals surface area contributed by atoms with E-state index in [1.54, 1.807) is 0 Å². The van der Waals surface area contributed by atoms with Crippen LogP contribution in [0, 0.1) is 6.92 Å². The van der Waals surface area contributed by atoms with Gasteiger partial charge in [-0.2, -0.15) is 0 Å². The monoisotopic (exact) mass is 382 g/mol. The van der Waals surface area contributed by atoms with Crippen LogP contribution in [-0.2, 0) is 17.8 Å². The minimum Gasteiger partial charge on any atom is -0.358 e. The Hall–Kier alpha value is -3.23. The number of hydrogen-bond acceptors (Lipinski definition) is 3. The van der Waals surface area contributed by atoms with Crippen LogP contribution in [0.5, 0.6) is 0 Å². The van der Waals surface area contributed by atoms with Gasteiger partial charge in [0.15, 0.2) is 0 Å². The maximum atomic E-state index is 12.8. The predicted octanol–water partition coefficient (Wildman–Crippen LogP) is 0.741. The van der Waals surface area contributed by atoms with Crippen molar-refractivity contribution < 1.29 is 14.4 Å². The van der Waals surface area contributed by atoms with Crippen LogP contribution in [0.25, 0.3) is 10.9 Å². The Morgan fingerprint density at radius 2 is 2.07 bits per heavy atom. The lowest BCUT2D eigenvalue weighted by Gasteiger charge is -2.28. The molecule has 1 aromatic heterocycles. The number of aromatic nitrogens is 1. The third-order valence-electron chi connectivity index (χ3n) is 5.89.